The molecule has 29 heavy (non-hydrogen) atoms. The molecule has 0 atom stereocenters. The van der Waals surface area contributed by atoms with Gasteiger partial charge in [-0.25, -0.2) is 0 Å². The number of anilines is 1. The summed E-state index contributed by atoms with van der Waals surface area (Å²) in [7, 11) is 0. The SMILES string of the molecule is O=C(c1cccc(C(Cl)Cl)c1)N1CC2(CCN(CC3CC3)CC2)c2ccccc21. The number of carbonyl (C=O) groups is 1. The number of hydrogen-bond acceptors (Lipinski definition) is 2. The van der Waals surface area contributed by atoms with Gasteiger partial charge in [-0.05, 0) is 74.0 Å². The van der Waals surface area contributed by atoms with E-state index in [-0.39, 0.29) is 11.3 Å². The summed E-state index contributed by atoms with van der Waals surface area (Å²) in [5.74, 6) is 0.962. The number of amides is 1. The van der Waals surface area contributed by atoms with Crippen molar-refractivity contribution in [2.75, 3.05) is 31.1 Å². The molecule has 2 fully saturated rings. The number of hydrogen-bond donors (Lipinski definition) is 0. The number of piperidine rings is 1. The van der Waals surface area contributed by atoms with E-state index in [1.54, 1.807) is 0 Å². The molecular formula is C24H26Cl2N2O. The number of carbonyl (C=O) groups excluding carboxylic acids is 1. The van der Waals surface area contributed by atoms with Crippen molar-refractivity contribution in [1.82, 2.24) is 4.90 Å². The number of nitrogens with zero attached hydrogens (tertiary/aromatic N) is 2. The molecule has 2 aliphatic heterocycles. The van der Waals surface area contributed by atoms with Crippen LogP contribution in [-0.2, 0) is 5.41 Å². The summed E-state index contributed by atoms with van der Waals surface area (Å²) in [6.45, 7) is 4.27. The Balaban J connectivity index is 1.41. The summed E-state index contributed by atoms with van der Waals surface area (Å²) in [5.41, 5.74) is 3.88. The Morgan fingerprint density at radius 3 is 2.55 bits per heavy atom. The normalized spacial score (nSPS) is 21.0. The van der Waals surface area contributed by atoms with Crippen LogP contribution in [0.2, 0.25) is 0 Å². The lowest BCUT2D eigenvalue weighted by atomic mass is 9.74. The second-order valence-electron chi connectivity index (χ2n) is 8.86. The number of alkyl halides is 2. The van der Waals surface area contributed by atoms with E-state index in [1.165, 1.54) is 24.9 Å². The lowest BCUT2D eigenvalue weighted by Crippen LogP contribution is -2.46. The van der Waals surface area contributed by atoms with Gasteiger partial charge in [0.1, 0.15) is 4.84 Å². The van der Waals surface area contributed by atoms with Gasteiger partial charge in [-0.1, -0.05) is 30.3 Å². The fourth-order valence-electron chi connectivity index (χ4n) is 5.03. The van der Waals surface area contributed by atoms with Crippen molar-refractivity contribution in [2.45, 2.75) is 35.9 Å². The van der Waals surface area contributed by atoms with Gasteiger partial charge in [-0.2, -0.15) is 0 Å². The van der Waals surface area contributed by atoms with Gasteiger partial charge < -0.3 is 9.80 Å². The topological polar surface area (TPSA) is 23.6 Å². The van der Waals surface area contributed by atoms with Crippen LogP contribution in [0, 0.1) is 5.92 Å². The third-order valence-corrected chi connectivity index (χ3v) is 7.39. The highest BCUT2D eigenvalue weighted by Crippen LogP contribution is 2.47. The van der Waals surface area contributed by atoms with E-state index in [0.717, 1.165) is 49.6 Å². The van der Waals surface area contributed by atoms with Gasteiger partial charge in [-0.3, -0.25) is 4.79 Å². The molecule has 1 amide bonds. The number of benzene rings is 2. The Hall–Kier alpha value is -1.55. The molecule has 2 aromatic carbocycles. The van der Waals surface area contributed by atoms with Crippen molar-refractivity contribution >= 4 is 34.8 Å². The zero-order valence-electron chi connectivity index (χ0n) is 16.5. The van der Waals surface area contributed by atoms with E-state index < -0.39 is 4.84 Å². The summed E-state index contributed by atoms with van der Waals surface area (Å²) < 4.78 is 0. The van der Waals surface area contributed by atoms with Crippen LogP contribution in [0.1, 0.15) is 52.0 Å². The van der Waals surface area contributed by atoms with Gasteiger partial charge >= 0.3 is 0 Å². The quantitative estimate of drug-likeness (QED) is 0.594. The third kappa shape index (κ3) is 3.69. The summed E-state index contributed by atoms with van der Waals surface area (Å²) >= 11 is 12.1. The smallest absolute Gasteiger partial charge is 0.258 e. The van der Waals surface area contributed by atoms with Crippen LogP contribution in [0.3, 0.4) is 0 Å². The van der Waals surface area contributed by atoms with E-state index >= 15 is 0 Å². The van der Waals surface area contributed by atoms with Crippen LogP contribution in [-0.4, -0.2) is 37.0 Å². The molecule has 0 N–H and O–H groups in total. The predicted octanol–water partition coefficient (Wildman–Crippen LogP) is 5.57. The monoisotopic (exact) mass is 428 g/mol. The van der Waals surface area contributed by atoms with Gasteiger partial charge in [0.05, 0.1) is 0 Å². The van der Waals surface area contributed by atoms with E-state index in [2.05, 4.69) is 23.1 Å². The predicted molar refractivity (Wildman–Crippen MR) is 119 cm³/mol. The van der Waals surface area contributed by atoms with Crippen molar-refractivity contribution in [3.8, 4) is 0 Å². The molecule has 5 rings (SSSR count). The minimum atomic E-state index is -0.629. The Morgan fingerprint density at radius 1 is 1.07 bits per heavy atom. The molecule has 0 radical (unpaired) electrons. The third-order valence-electron chi connectivity index (χ3n) is 6.88. The summed E-state index contributed by atoms with van der Waals surface area (Å²) in [5, 5.41) is 0. The average molecular weight is 429 g/mol. The van der Waals surface area contributed by atoms with Crippen molar-refractivity contribution in [3.05, 3.63) is 65.2 Å². The summed E-state index contributed by atoms with van der Waals surface area (Å²) in [4.78, 5) is 17.4. The fraction of sp³-hybridized carbons (Fsp3) is 0.458. The maximum Gasteiger partial charge on any atom is 0.258 e. The van der Waals surface area contributed by atoms with Crippen LogP contribution >= 0.6 is 23.2 Å². The Labute approximate surface area is 182 Å². The molecule has 0 bridgehead atoms. The minimum absolute atomic E-state index is 0.0329. The number of fused-ring (bicyclic) bond motifs is 2. The van der Waals surface area contributed by atoms with Crippen LogP contribution in [0.5, 0.6) is 0 Å². The number of halogens is 2. The lowest BCUT2D eigenvalue weighted by molar-refractivity contribution is 0.0976. The van der Waals surface area contributed by atoms with Gasteiger partial charge in [0, 0.05) is 29.8 Å². The highest BCUT2D eigenvalue weighted by atomic mass is 35.5. The van der Waals surface area contributed by atoms with Crippen LogP contribution in [0.25, 0.3) is 0 Å². The first kappa shape index (κ1) is 19.4. The Kier molecular flexibility index (Phi) is 5.09. The van der Waals surface area contributed by atoms with Gasteiger partial charge in [0.2, 0.25) is 0 Å². The zero-order chi connectivity index (χ0) is 20.0. The molecule has 1 spiro atoms. The first-order valence-electron chi connectivity index (χ1n) is 10.6. The highest BCUT2D eigenvalue weighted by Gasteiger charge is 2.46. The largest absolute Gasteiger partial charge is 0.307 e. The summed E-state index contributed by atoms with van der Waals surface area (Å²) in [6.07, 6.45) is 5.03. The van der Waals surface area contributed by atoms with E-state index in [0.29, 0.717) is 5.56 Å². The first-order valence-corrected chi connectivity index (χ1v) is 11.4. The lowest BCUT2D eigenvalue weighted by Gasteiger charge is -2.40. The van der Waals surface area contributed by atoms with Crippen molar-refractivity contribution in [2.24, 2.45) is 5.92 Å². The second-order valence-corrected chi connectivity index (χ2v) is 9.96. The van der Waals surface area contributed by atoms with Crippen molar-refractivity contribution in [1.29, 1.82) is 0 Å². The molecule has 3 aliphatic rings. The molecule has 1 saturated heterocycles. The van der Waals surface area contributed by atoms with Crippen LogP contribution < -0.4 is 4.90 Å². The zero-order valence-corrected chi connectivity index (χ0v) is 18.0. The van der Waals surface area contributed by atoms with Gasteiger partial charge in [0.15, 0.2) is 0 Å². The molecule has 2 heterocycles. The highest BCUT2D eigenvalue weighted by molar-refractivity contribution is 6.44. The van der Waals surface area contributed by atoms with Gasteiger partial charge in [0.25, 0.3) is 5.91 Å². The molecule has 0 unspecified atom stereocenters. The molecule has 5 heteroatoms. The van der Waals surface area contributed by atoms with E-state index in [4.69, 9.17) is 23.2 Å². The minimum Gasteiger partial charge on any atom is -0.307 e. The maximum atomic E-state index is 13.5. The van der Waals surface area contributed by atoms with Crippen molar-refractivity contribution < 1.29 is 4.79 Å². The number of para-hydroxylation sites is 1. The van der Waals surface area contributed by atoms with E-state index in [1.807, 2.05) is 35.2 Å². The molecule has 2 aromatic rings. The molecule has 1 saturated carbocycles. The van der Waals surface area contributed by atoms with Crippen LogP contribution in [0.4, 0.5) is 5.69 Å². The molecular weight excluding hydrogens is 403 g/mol. The second kappa shape index (κ2) is 7.61. The molecule has 1 aliphatic carbocycles. The molecule has 152 valence electrons. The average Bonchev–Trinajstić information content (AvgIpc) is 3.51. The fourth-order valence-corrected chi connectivity index (χ4v) is 5.30. The first-order chi connectivity index (χ1) is 14.1. The van der Waals surface area contributed by atoms with E-state index in [9.17, 15) is 4.79 Å². The number of rotatable bonds is 4. The van der Waals surface area contributed by atoms with Crippen LogP contribution in [0.15, 0.2) is 48.5 Å². The standard InChI is InChI=1S/C24H26Cl2N2O/c25-22(26)18-4-3-5-19(14-18)23(29)28-16-24(20-6-1-2-7-21(20)28)10-12-27(13-11-24)15-17-8-9-17/h1-7,14,17,22H,8-13,15-16H2. The molecule has 3 nitrogen and oxygen atoms in total. The maximum absolute atomic E-state index is 13.5. The Bertz CT molecular complexity index is 917. The Morgan fingerprint density at radius 2 is 1.83 bits per heavy atom. The number of likely N-dealkylation sites (tertiary alicyclic amines) is 1. The van der Waals surface area contributed by atoms with Gasteiger partial charge in [-0.15, -0.1) is 23.2 Å². The van der Waals surface area contributed by atoms with Crippen molar-refractivity contribution in [3.63, 3.8) is 0 Å². The molecule has 0 aromatic heterocycles. The summed E-state index contributed by atoms with van der Waals surface area (Å²) in [6, 6.07) is 15.8.